The minimum absolute atomic E-state index is 0. The zero-order valence-corrected chi connectivity index (χ0v) is 21.7. The molecule has 0 unspecified atom stereocenters. The number of hydrogen-bond donors (Lipinski definition) is 1. The van der Waals surface area contributed by atoms with E-state index in [0.29, 0.717) is 28.6 Å². The Morgan fingerprint density at radius 3 is 2.61 bits per heavy atom. The van der Waals surface area contributed by atoms with Gasteiger partial charge in [0.25, 0.3) is 0 Å². The number of aromatic nitrogens is 1. The van der Waals surface area contributed by atoms with Crippen molar-refractivity contribution < 1.29 is 44.5 Å². The zero-order chi connectivity index (χ0) is 24.8. The standard InChI is InChI=1S/C28H30F3N2O2.BrH/c1-3-19-17-33(16-18-4-6-21(7-5-18)28(29,30)31)13-11-20(19)14-26(33)27(34)23-10-12-32-25-9-8-22(35-2)15-24(23)25;/h3-10,12,15,19-20,26-27,34H,1,11,13-14,16-17H2,2H3;1H/q+1;/p-1/t19-,20+,26-,27+,33-;/m1./s1. The molecule has 0 saturated carbocycles. The lowest BCUT2D eigenvalue weighted by Gasteiger charge is -2.58. The molecule has 8 heteroatoms. The van der Waals surface area contributed by atoms with Crippen molar-refractivity contribution in [3.8, 4) is 5.75 Å². The van der Waals surface area contributed by atoms with Crippen LogP contribution in [0.4, 0.5) is 13.2 Å². The molecule has 1 N–H and O–H groups in total. The molecule has 36 heavy (non-hydrogen) atoms. The van der Waals surface area contributed by atoms with Crippen molar-refractivity contribution >= 4 is 10.9 Å². The number of methoxy groups -OCH3 is 1. The lowest BCUT2D eigenvalue weighted by Crippen LogP contribution is -3.00. The highest BCUT2D eigenvalue weighted by molar-refractivity contribution is 5.83. The zero-order valence-electron chi connectivity index (χ0n) is 20.1. The minimum Gasteiger partial charge on any atom is -1.00 e. The molecule has 2 aromatic carbocycles. The number of ether oxygens (including phenoxy) is 1. The van der Waals surface area contributed by atoms with Gasteiger partial charge in [0.05, 0.1) is 31.3 Å². The third-order valence-corrected chi connectivity index (χ3v) is 8.12. The maximum absolute atomic E-state index is 13.1. The van der Waals surface area contributed by atoms with E-state index in [1.807, 2.05) is 30.3 Å². The molecule has 0 amide bonds. The van der Waals surface area contributed by atoms with Crippen LogP contribution in [0.1, 0.15) is 35.6 Å². The molecule has 5 atom stereocenters. The summed E-state index contributed by atoms with van der Waals surface area (Å²) in [5, 5.41) is 12.7. The number of aliphatic hydroxyl groups is 1. The van der Waals surface area contributed by atoms with Gasteiger partial charge in [-0.3, -0.25) is 4.98 Å². The molecule has 3 aliphatic heterocycles. The van der Waals surface area contributed by atoms with Gasteiger partial charge in [0, 0.05) is 35.9 Å². The smallest absolute Gasteiger partial charge is 0.416 e. The second kappa shape index (κ2) is 10.1. The maximum atomic E-state index is 13.1. The Hall–Kier alpha value is -2.42. The Morgan fingerprint density at radius 2 is 1.94 bits per heavy atom. The Balaban J connectivity index is 0.00000304. The van der Waals surface area contributed by atoms with E-state index in [1.165, 1.54) is 0 Å². The van der Waals surface area contributed by atoms with Crippen LogP contribution in [0.2, 0.25) is 0 Å². The summed E-state index contributed by atoms with van der Waals surface area (Å²) in [5.74, 6) is 1.48. The van der Waals surface area contributed by atoms with Crippen LogP contribution in [0.15, 0.2) is 67.4 Å². The summed E-state index contributed by atoms with van der Waals surface area (Å²) in [6, 6.07) is 12.9. The van der Waals surface area contributed by atoms with Crippen molar-refractivity contribution in [3.63, 3.8) is 0 Å². The van der Waals surface area contributed by atoms with Gasteiger partial charge in [-0.25, -0.2) is 0 Å². The predicted molar refractivity (Wildman–Crippen MR) is 129 cm³/mol. The number of quaternary nitrogens is 1. The van der Waals surface area contributed by atoms with E-state index in [2.05, 4.69) is 11.6 Å². The van der Waals surface area contributed by atoms with Crippen molar-refractivity contribution in [1.29, 1.82) is 0 Å². The molecule has 6 rings (SSSR count). The molecule has 3 fully saturated rings. The van der Waals surface area contributed by atoms with Gasteiger partial charge in [-0.15, -0.1) is 6.58 Å². The van der Waals surface area contributed by atoms with Gasteiger partial charge in [0.15, 0.2) is 0 Å². The van der Waals surface area contributed by atoms with Crippen LogP contribution in [0.3, 0.4) is 0 Å². The number of piperidine rings is 3. The molecule has 4 heterocycles. The van der Waals surface area contributed by atoms with Gasteiger partial charge in [0.2, 0.25) is 0 Å². The summed E-state index contributed by atoms with van der Waals surface area (Å²) in [6.45, 7) is 6.32. The predicted octanol–water partition coefficient (Wildman–Crippen LogP) is 2.91. The second-order valence-corrected chi connectivity index (χ2v) is 9.96. The molecule has 1 aromatic heterocycles. The van der Waals surface area contributed by atoms with Crippen molar-refractivity contribution in [2.75, 3.05) is 20.2 Å². The number of aliphatic hydroxyl groups excluding tert-OH is 1. The minimum atomic E-state index is -4.36. The summed E-state index contributed by atoms with van der Waals surface area (Å²) in [5.41, 5.74) is 1.80. The Labute approximate surface area is 219 Å². The Kier molecular flexibility index (Phi) is 7.51. The maximum Gasteiger partial charge on any atom is 0.416 e. The summed E-state index contributed by atoms with van der Waals surface area (Å²) in [6.07, 6.45) is 0.494. The number of fused-ring (bicyclic) bond motifs is 4. The van der Waals surface area contributed by atoms with E-state index in [0.717, 1.165) is 60.1 Å². The van der Waals surface area contributed by atoms with E-state index < -0.39 is 17.8 Å². The molecule has 0 aliphatic carbocycles. The van der Waals surface area contributed by atoms with Gasteiger partial charge in [0.1, 0.15) is 24.4 Å². The molecular formula is C28H30BrF3N2O2. The Morgan fingerprint density at radius 1 is 1.19 bits per heavy atom. The highest BCUT2D eigenvalue weighted by Crippen LogP contribution is 2.48. The van der Waals surface area contributed by atoms with Gasteiger partial charge in [-0.05, 0) is 47.9 Å². The second-order valence-electron chi connectivity index (χ2n) is 9.96. The Bertz CT molecular complexity index is 1230. The first-order valence-corrected chi connectivity index (χ1v) is 12.0. The third-order valence-electron chi connectivity index (χ3n) is 8.12. The summed E-state index contributed by atoms with van der Waals surface area (Å²) < 4.78 is 45.3. The fourth-order valence-electron chi connectivity index (χ4n) is 6.28. The summed E-state index contributed by atoms with van der Waals surface area (Å²) >= 11 is 0. The number of rotatable bonds is 6. The molecule has 192 valence electrons. The van der Waals surface area contributed by atoms with Crippen LogP contribution < -0.4 is 21.7 Å². The summed E-state index contributed by atoms with van der Waals surface area (Å²) in [4.78, 5) is 4.45. The lowest BCUT2D eigenvalue weighted by atomic mass is 9.71. The summed E-state index contributed by atoms with van der Waals surface area (Å²) in [7, 11) is 1.61. The quantitative estimate of drug-likeness (QED) is 0.371. The highest BCUT2D eigenvalue weighted by Gasteiger charge is 2.54. The fourth-order valence-corrected chi connectivity index (χ4v) is 6.28. The van der Waals surface area contributed by atoms with Crippen molar-refractivity contribution in [2.24, 2.45) is 11.8 Å². The molecule has 4 nitrogen and oxygen atoms in total. The number of nitrogens with zero attached hydrogens (tertiary/aromatic N) is 2. The number of benzene rings is 2. The third kappa shape index (κ3) is 4.78. The first-order valence-electron chi connectivity index (χ1n) is 12.0. The fraction of sp³-hybridized carbons (Fsp3) is 0.393. The largest absolute Gasteiger partial charge is 1.00 e. The van der Waals surface area contributed by atoms with Crippen LogP contribution in [-0.2, 0) is 12.7 Å². The molecule has 0 spiro atoms. The van der Waals surface area contributed by atoms with Crippen LogP contribution in [-0.4, -0.2) is 40.8 Å². The van der Waals surface area contributed by atoms with Crippen molar-refractivity contribution in [3.05, 3.63) is 84.1 Å². The molecule has 3 aliphatic rings. The number of alkyl halides is 3. The highest BCUT2D eigenvalue weighted by atomic mass is 79.9. The van der Waals surface area contributed by atoms with E-state index >= 15 is 0 Å². The SMILES string of the molecule is C=C[C@@H]1C[N@+]2(Cc3ccc(C(F)(F)F)cc3)CC[C@H]1C[C@@H]2[C@@H](O)c1ccnc2ccc(OC)cc12.[Br-]. The van der Waals surface area contributed by atoms with E-state index in [1.54, 1.807) is 25.4 Å². The molecule has 2 bridgehead atoms. The van der Waals surface area contributed by atoms with E-state index in [4.69, 9.17) is 4.74 Å². The van der Waals surface area contributed by atoms with Crippen molar-refractivity contribution in [2.45, 2.75) is 37.7 Å². The average molecular weight is 563 g/mol. The van der Waals surface area contributed by atoms with Gasteiger partial charge in [-0.2, -0.15) is 13.2 Å². The normalized spacial score (nSPS) is 26.3. The first kappa shape index (κ1) is 26.6. The molecule has 0 radical (unpaired) electrons. The number of halogens is 4. The van der Waals surface area contributed by atoms with Crippen LogP contribution in [0.5, 0.6) is 5.75 Å². The van der Waals surface area contributed by atoms with Gasteiger partial charge >= 0.3 is 6.18 Å². The van der Waals surface area contributed by atoms with Gasteiger partial charge < -0.3 is 31.3 Å². The average Bonchev–Trinajstić information content (AvgIpc) is 2.87. The van der Waals surface area contributed by atoms with Crippen molar-refractivity contribution in [1.82, 2.24) is 4.98 Å². The number of pyridine rings is 1. The first-order chi connectivity index (χ1) is 16.7. The van der Waals surface area contributed by atoms with E-state index in [9.17, 15) is 18.3 Å². The monoisotopic (exact) mass is 562 g/mol. The van der Waals surface area contributed by atoms with Crippen LogP contribution >= 0.6 is 0 Å². The van der Waals surface area contributed by atoms with Crippen LogP contribution in [0, 0.1) is 11.8 Å². The molecular weight excluding hydrogens is 533 g/mol. The molecule has 3 saturated heterocycles. The molecule has 3 aromatic rings. The lowest BCUT2D eigenvalue weighted by molar-refractivity contribution is -0.984. The number of hydrogen-bond acceptors (Lipinski definition) is 3. The topological polar surface area (TPSA) is 42.4 Å². The van der Waals surface area contributed by atoms with E-state index in [-0.39, 0.29) is 23.0 Å². The van der Waals surface area contributed by atoms with Gasteiger partial charge in [-0.1, -0.05) is 18.2 Å². The van der Waals surface area contributed by atoms with Crippen LogP contribution in [0.25, 0.3) is 10.9 Å².